The van der Waals surface area contributed by atoms with Crippen LogP contribution in [0.4, 0.5) is 5.69 Å². The number of nitrogens with one attached hydrogen (secondary N) is 2. The van der Waals surface area contributed by atoms with Crippen molar-refractivity contribution in [1.82, 2.24) is 5.32 Å². The molecule has 0 heterocycles. The van der Waals surface area contributed by atoms with Crippen molar-refractivity contribution >= 4 is 40.6 Å². The summed E-state index contributed by atoms with van der Waals surface area (Å²) >= 11 is 10.7. The van der Waals surface area contributed by atoms with Gasteiger partial charge in [-0.1, -0.05) is 17.7 Å². The largest absolute Gasteiger partial charge is 0.478 e. The molecule has 0 spiro atoms. The Labute approximate surface area is 109 Å². The molecular formula is C11H11ClN2O2S. The van der Waals surface area contributed by atoms with Crippen molar-refractivity contribution < 1.29 is 9.90 Å². The lowest BCUT2D eigenvalue weighted by Gasteiger charge is -2.11. The first-order chi connectivity index (χ1) is 8.04. The van der Waals surface area contributed by atoms with Crippen molar-refractivity contribution in [3.05, 3.63) is 41.4 Å². The van der Waals surface area contributed by atoms with Crippen molar-refractivity contribution in [2.24, 2.45) is 0 Å². The Bertz CT molecular complexity index is 463. The zero-order chi connectivity index (χ0) is 12.8. The van der Waals surface area contributed by atoms with Gasteiger partial charge in [-0.05, 0) is 30.4 Å². The minimum atomic E-state index is -1.07. The number of rotatable bonds is 4. The zero-order valence-electron chi connectivity index (χ0n) is 8.87. The average Bonchev–Trinajstić information content (AvgIpc) is 2.28. The lowest BCUT2D eigenvalue weighted by Crippen LogP contribution is -2.29. The second kappa shape index (κ2) is 6.22. The molecule has 0 aliphatic rings. The van der Waals surface area contributed by atoms with Gasteiger partial charge in [-0.15, -0.1) is 6.58 Å². The van der Waals surface area contributed by atoms with E-state index in [1.54, 1.807) is 18.2 Å². The van der Waals surface area contributed by atoms with Gasteiger partial charge in [0, 0.05) is 11.6 Å². The Hall–Kier alpha value is -1.59. The van der Waals surface area contributed by atoms with Crippen LogP contribution >= 0.6 is 23.8 Å². The minimum Gasteiger partial charge on any atom is -0.478 e. The van der Waals surface area contributed by atoms with E-state index in [1.807, 2.05) is 0 Å². The number of benzene rings is 1. The topological polar surface area (TPSA) is 61.4 Å². The Kier molecular flexibility index (Phi) is 4.93. The number of hydrogen-bond acceptors (Lipinski definition) is 2. The standard InChI is InChI=1S/C11H11ClN2O2S/c1-2-5-13-11(17)14-9-4-3-7(12)6-8(9)10(15)16/h2-4,6H,1,5H2,(H,15,16)(H2,13,14,17). The first-order valence-electron chi connectivity index (χ1n) is 4.73. The van der Waals surface area contributed by atoms with Crippen LogP contribution < -0.4 is 10.6 Å². The number of anilines is 1. The van der Waals surface area contributed by atoms with E-state index in [4.69, 9.17) is 28.9 Å². The molecule has 4 nitrogen and oxygen atoms in total. The van der Waals surface area contributed by atoms with Crippen LogP contribution in [0, 0.1) is 0 Å². The number of carboxylic acids is 1. The molecule has 0 radical (unpaired) electrons. The van der Waals surface area contributed by atoms with Crippen molar-refractivity contribution in [1.29, 1.82) is 0 Å². The molecule has 90 valence electrons. The van der Waals surface area contributed by atoms with Crippen molar-refractivity contribution in [3.63, 3.8) is 0 Å². The van der Waals surface area contributed by atoms with Gasteiger partial charge in [-0.3, -0.25) is 0 Å². The fraction of sp³-hybridized carbons (Fsp3) is 0.0909. The third-order valence-corrected chi connectivity index (χ3v) is 2.35. The highest BCUT2D eigenvalue weighted by Gasteiger charge is 2.11. The van der Waals surface area contributed by atoms with Gasteiger partial charge in [0.15, 0.2) is 5.11 Å². The van der Waals surface area contributed by atoms with Gasteiger partial charge in [0.2, 0.25) is 0 Å². The molecule has 0 fully saturated rings. The van der Waals surface area contributed by atoms with Gasteiger partial charge in [-0.25, -0.2) is 4.79 Å². The van der Waals surface area contributed by atoms with Gasteiger partial charge in [0.25, 0.3) is 0 Å². The summed E-state index contributed by atoms with van der Waals surface area (Å²) in [6, 6.07) is 4.52. The Balaban J connectivity index is 2.86. The van der Waals surface area contributed by atoms with E-state index in [-0.39, 0.29) is 5.56 Å². The molecular weight excluding hydrogens is 260 g/mol. The monoisotopic (exact) mass is 270 g/mol. The molecule has 0 atom stereocenters. The third-order valence-electron chi connectivity index (χ3n) is 1.87. The maximum atomic E-state index is 11.0. The normalized spacial score (nSPS) is 9.47. The molecule has 0 unspecified atom stereocenters. The van der Waals surface area contributed by atoms with Crippen LogP contribution in [0.1, 0.15) is 10.4 Å². The minimum absolute atomic E-state index is 0.0697. The molecule has 1 rings (SSSR count). The molecule has 17 heavy (non-hydrogen) atoms. The zero-order valence-corrected chi connectivity index (χ0v) is 10.4. The molecule has 6 heteroatoms. The van der Waals surface area contributed by atoms with E-state index in [0.29, 0.717) is 22.4 Å². The van der Waals surface area contributed by atoms with E-state index in [1.165, 1.54) is 6.07 Å². The number of carboxylic acid groups (broad SMARTS) is 1. The average molecular weight is 271 g/mol. The number of thiocarbonyl (C=S) groups is 1. The maximum absolute atomic E-state index is 11.0. The summed E-state index contributed by atoms with van der Waals surface area (Å²) in [6.07, 6.45) is 1.65. The summed E-state index contributed by atoms with van der Waals surface area (Å²) < 4.78 is 0. The Morgan fingerprint density at radius 2 is 2.29 bits per heavy atom. The van der Waals surface area contributed by atoms with Gasteiger partial charge in [0.1, 0.15) is 0 Å². The summed E-state index contributed by atoms with van der Waals surface area (Å²) in [4.78, 5) is 11.0. The number of hydrogen-bond donors (Lipinski definition) is 3. The summed E-state index contributed by atoms with van der Waals surface area (Å²) in [7, 11) is 0. The summed E-state index contributed by atoms with van der Waals surface area (Å²) in [5, 5.41) is 15.3. The van der Waals surface area contributed by atoms with Crippen LogP contribution in [0.25, 0.3) is 0 Å². The van der Waals surface area contributed by atoms with E-state index < -0.39 is 5.97 Å². The van der Waals surface area contributed by atoms with E-state index >= 15 is 0 Å². The molecule has 1 aromatic rings. The summed E-state index contributed by atoms with van der Waals surface area (Å²) in [6.45, 7) is 4.04. The quantitative estimate of drug-likeness (QED) is 0.580. The highest BCUT2D eigenvalue weighted by Crippen LogP contribution is 2.20. The number of carbonyl (C=O) groups is 1. The predicted molar refractivity (Wildman–Crippen MR) is 72.8 cm³/mol. The first-order valence-corrected chi connectivity index (χ1v) is 5.52. The molecule has 0 aromatic heterocycles. The van der Waals surface area contributed by atoms with Gasteiger partial charge in [0.05, 0.1) is 11.3 Å². The second-order valence-corrected chi connectivity index (χ2v) is 3.96. The molecule has 0 bridgehead atoms. The lowest BCUT2D eigenvalue weighted by molar-refractivity contribution is 0.0698. The van der Waals surface area contributed by atoms with Gasteiger partial charge >= 0.3 is 5.97 Å². The van der Waals surface area contributed by atoms with Crippen LogP contribution in [0.5, 0.6) is 0 Å². The number of aromatic carboxylic acids is 1. The van der Waals surface area contributed by atoms with Crippen LogP contribution in [0.15, 0.2) is 30.9 Å². The highest BCUT2D eigenvalue weighted by molar-refractivity contribution is 7.80. The van der Waals surface area contributed by atoms with Crippen LogP contribution in [0.3, 0.4) is 0 Å². The molecule has 1 aromatic carbocycles. The van der Waals surface area contributed by atoms with Crippen molar-refractivity contribution in [2.45, 2.75) is 0 Å². The Morgan fingerprint density at radius 3 is 2.88 bits per heavy atom. The molecule has 3 N–H and O–H groups in total. The fourth-order valence-corrected chi connectivity index (χ4v) is 1.50. The Morgan fingerprint density at radius 1 is 1.59 bits per heavy atom. The lowest BCUT2D eigenvalue weighted by atomic mass is 10.2. The molecule has 0 saturated carbocycles. The van der Waals surface area contributed by atoms with E-state index in [2.05, 4.69) is 17.2 Å². The summed E-state index contributed by atoms with van der Waals surface area (Å²) in [5.74, 6) is -1.07. The van der Waals surface area contributed by atoms with Crippen LogP contribution in [-0.4, -0.2) is 22.7 Å². The second-order valence-electron chi connectivity index (χ2n) is 3.12. The van der Waals surface area contributed by atoms with E-state index in [0.717, 1.165) is 0 Å². The fourth-order valence-electron chi connectivity index (χ4n) is 1.13. The predicted octanol–water partition coefficient (Wildman–Crippen LogP) is 2.51. The van der Waals surface area contributed by atoms with Crippen molar-refractivity contribution in [3.8, 4) is 0 Å². The highest BCUT2D eigenvalue weighted by atomic mass is 35.5. The SMILES string of the molecule is C=CCNC(=S)Nc1ccc(Cl)cc1C(=O)O. The molecule has 0 aliphatic carbocycles. The van der Waals surface area contributed by atoms with Crippen molar-refractivity contribution in [2.75, 3.05) is 11.9 Å². The molecule has 0 saturated heterocycles. The summed E-state index contributed by atoms with van der Waals surface area (Å²) in [5.41, 5.74) is 0.462. The number of halogens is 1. The van der Waals surface area contributed by atoms with Gasteiger partial charge < -0.3 is 15.7 Å². The van der Waals surface area contributed by atoms with Gasteiger partial charge in [-0.2, -0.15) is 0 Å². The van der Waals surface area contributed by atoms with Crippen LogP contribution in [0.2, 0.25) is 5.02 Å². The molecule has 0 aliphatic heterocycles. The maximum Gasteiger partial charge on any atom is 0.337 e. The van der Waals surface area contributed by atoms with Crippen LogP contribution in [-0.2, 0) is 0 Å². The molecule has 0 amide bonds. The smallest absolute Gasteiger partial charge is 0.337 e. The third kappa shape index (κ3) is 4.05. The first kappa shape index (κ1) is 13.5. The van der Waals surface area contributed by atoms with E-state index in [9.17, 15) is 4.79 Å².